The molecular weight excluding hydrogens is 256 g/mol. The Morgan fingerprint density at radius 2 is 1.80 bits per heavy atom. The monoisotopic (exact) mass is 278 g/mol. The molecule has 20 heavy (non-hydrogen) atoms. The molecule has 1 amide bonds. The second-order valence-electron chi connectivity index (χ2n) is 5.16. The second kappa shape index (κ2) is 6.52. The Morgan fingerprint density at radius 1 is 1.25 bits per heavy atom. The van der Waals surface area contributed by atoms with Crippen molar-refractivity contribution in [3.63, 3.8) is 0 Å². The van der Waals surface area contributed by atoms with E-state index in [0.29, 0.717) is 6.42 Å². The number of para-hydroxylation sites is 1. The van der Waals surface area contributed by atoms with Gasteiger partial charge in [-0.05, 0) is 38.3 Å². The number of carbonyl (C=O) groups is 2. The van der Waals surface area contributed by atoms with E-state index < -0.39 is 11.5 Å². The van der Waals surface area contributed by atoms with E-state index in [4.69, 9.17) is 5.11 Å². The summed E-state index contributed by atoms with van der Waals surface area (Å²) in [6, 6.07) is 5.77. The molecule has 1 aromatic carbocycles. The average molecular weight is 278 g/mol. The number of hydrogen-bond acceptors (Lipinski definition) is 3. The SMILES string of the molecule is CCC(C)(NCC(=O)Nc1c(C)cccc1C)C(=O)O. The van der Waals surface area contributed by atoms with Crippen LogP contribution in [0.2, 0.25) is 0 Å². The second-order valence-corrected chi connectivity index (χ2v) is 5.16. The van der Waals surface area contributed by atoms with Crippen molar-refractivity contribution in [2.24, 2.45) is 0 Å². The molecule has 0 heterocycles. The van der Waals surface area contributed by atoms with Crippen LogP contribution in [0.15, 0.2) is 18.2 Å². The third-order valence-corrected chi connectivity index (χ3v) is 3.56. The lowest BCUT2D eigenvalue weighted by Gasteiger charge is -2.24. The number of aliphatic carboxylic acids is 1. The minimum Gasteiger partial charge on any atom is -0.480 e. The van der Waals surface area contributed by atoms with Crippen LogP contribution in [0, 0.1) is 13.8 Å². The average Bonchev–Trinajstić information content (AvgIpc) is 2.40. The van der Waals surface area contributed by atoms with Gasteiger partial charge in [0.1, 0.15) is 5.54 Å². The van der Waals surface area contributed by atoms with E-state index in [-0.39, 0.29) is 12.5 Å². The molecule has 1 rings (SSSR count). The van der Waals surface area contributed by atoms with E-state index in [0.717, 1.165) is 16.8 Å². The quantitative estimate of drug-likeness (QED) is 0.744. The van der Waals surface area contributed by atoms with Gasteiger partial charge in [-0.25, -0.2) is 0 Å². The molecule has 0 aliphatic heterocycles. The van der Waals surface area contributed by atoms with Crippen molar-refractivity contribution in [2.45, 2.75) is 39.7 Å². The summed E-state index contributed by atoms with van der Waals surface area (Å²) in [5.74, 6) is -1.21. The summed E-state index contributed by atoms with van der Waals surface area (Å²) < 4.78 is 0. The molecule has 0 saturated heterocycles. The first-order valence-corrected chi connectivity index (χ1v) is 6.64. The van der Waals surface area contributed by atoms with Crippen LogP contribution in [0.4, 0.5) is 5.69 Å². The third kappa shape index (κ3) is 3.81. The van der Waals surface area contributed by atoms with Crippen LogP contribution in [0.1, 0.15) is 31.4 Å². The highest BCUT2D eigenvalue weighted by Gasteiger charge is 2.30. The Bertz CT molecular complexity index is 494. The Labute approximate surface area is 119 Å². The van der Waals surface area contributed by atoms with E-state index in [1.807, 2.05) is 32.0 Å². The number of hydrogen-bond donors (Lipinski definition) is 3. The Kier molecular flexibility index (Phi) is 5.27. The van der Waals surface area contributed by atoms with Crippen molar-refractivity contribution in [2.75, 3.05) is 11.9 Å². The number of amides is 1. The number of carbonyl (C=O) groups excluding carboxylic acids is 1. The molecule has 0 aliphatic carbocycles. The van der Waals surface area contributed by atoms with Crippen LogP contribution >= 0.6 is 0 Å². The molecule has 0 aliphatic rings. The van der Waals surface area contributed by atoms with Gasteiger partial charge in [-0.15, -0.1) is 0 Å². The van der Waals surface area contributed by atoms with Gasteiger partial charge < -0.3 is 10.4 Å². The Balaban J connectivity index is 2.67. The van der Waals surface area contributed by atoms with Crippen molar-refractivity contribution in [3.05, 3.63) is 29.3 Å². The molecule has 0 spiro atoms. The largest absolute Gasteiger partial charge is 0.480 e. The van der Waals surface area contributed by atoms with Gasteiger partial charge in [0.15, 0.2) is 0 Å². The van der Waals surface area contributed by atoms with Gasteiger partial charge in [0, 0.05) is 5.69 Å². The highest BCUT2D eigenvalue weighted by molar-refractivity contribution is 5.94. The molecular formula is C15H22N2O3. The van der Waals surface area contributed by atoms with Crippen LogP contribution in [0.3, 0.4) is 0 Å². The zero-order chi connectivity index (χ0) is 15.3. The highest BCUT2D eigenvalue weighted by atomic mass is 16.4. The molecule has 110 valence electrons. The summed E-state index contributed by atoms with van der Waals surface area (Å²) in [5, 5.41) is 14.7. The third-order valence-electron chi connectivity index (χ3n) is 3.56. The molecule has 1 aromatic rings. The minimum absolute atomic E-state index is 0.0373. The highest BCUT2D eigenvalue weighted by Crippen LogP contribution is 2.19. The van der Waals surface area contributed by atoms with Gasteiger partial charge in [-0.1, -0.05) is 25.1 Å². The molecule has 5 heteroatoms. The van der Waals surface area contributed by atoms with Gasteiger partial charge in [0.25, 0.3) is 0 Å². The Morgan fingerprint density at radius 3 is 2.25 bits per heavy atom. The maximum absolute atomic E-state index is 11.9. The maximum atomic E-state index is 11.9. The molecule has 1 unspecified atom stereocenters. The number of carboxylic acid groups (broad SMARTS) is 1. The van der Waals surface area contributed by atoms with Crippen molar-refractivity contribution in [1.29, 1.82) is 0 Å². The number of anilines is 1. The molecule has 1 atom stereocenters. The van der Waals surface area contributed by atoms with Gasteiger partial charge in [-0.2, -0.15) is 0 Å². The zero-order valence-corrected chi connectivity index (χ0v) is 12.4. The van der Waals surface area contributed by atoms with E-state index in [1.165, 1.54) is 0 Å². The predicted molar refractivity (Wildman–Crippen MR) is 78.9 cm³/mol. The summed E-state index contributed by atoms with van der Waals surface area (Å²) in [6.45, 7) is 7.14. The summed E-state index contributed by atoms with van der Waals surface area (Å²) >= 11 is 0. The topological polar surface area (TPSA) is 78.4 Å². The van der Waals surface area contributed by atoms with Crippen molar-refractivity contribution < 1.29 is 14.7 Å². The first-order valence-electron chi connectivity index (χ1n) is 6.64. The molecule has 0 bridgehead atoms. The zero-order valence-electron chi connectivity index (χ0n) is 12.4. The Hall–Kier alpha value is -1.88. The predicted octanol–water partition coefficient (Wildman–Crippen LogP) is 2.08. The molecule has 5 nitrogen and oxygen atoms in total. The van der Waals surface area contributed by atoms with Gasteiger partial charge >= 0.3 is 5.97 Å². The fraction of sp³-hybridized carbons (Fsp3) is 0.467. The lowest BCUT2D eigenvalue weighted by Crippen LogP contribution is -2.51. The number of benzene rings is 1. The normalized spacial score (nSPS) is 13.6. The standard InChI is InChI=1S/C15H22N2O3/c1-5-15(4,14(19)20)16-9-12(18)17-13-10(2)7-6-8-11(13)3/h6-8,16H,5,9H2,1-4H3,(H,17,18)(H,19,20). The fourth-order valence-electron chi connectivity index (χ4n) is 1.82. The molecule has 0 fully saturated rings. The summed E-state index contributed by atoms with van der Waals surface area (Å²) in [5.41, 5.74) is 1.66. The van der Waals surface area contributed by atoms with Crippen molar-refractivity contribution in [3.8, 4) is 0 Å². The smallest absolute Gasteiger partial charge is 0.323 e. The van der Waals surface area contributed by atoms with Gasteiger partial charge in [0.05, 0.1) is 6.54 Å². The number of nitrogens with one attached hydrogen (secondary N) is 2. The van der Waals surface area contributed by atoms with Crippen LogP contribution in [0.5, 0.6) is 0 Å². The van der Waals surface area contributed by atoms with Crippen LogP contribution < -0.4 is 10.6 Å². The minimum atomic E-state index is -1.09. The van der Waals surface area contributed by atoms with Crippen LogP contribution in [-0.4, -0.2) is 29.1 Å². The van der Waals surface area contributed by atoms with Gasteiger partial charge in [0.2, 0.25) is 5.91 Å². The molecule has 0 radical (unpaired) electrons. The van der Waals surface area contributed by atoms with E-state index in [2.05, 4.69) is 10.6 Å². The first-order chi connectivity index (χ1) is 9.30. The van der Waals surface area contributed by atoms with Gasteiger partial charge in [-0.3, -0.25) is 14.9 Å². The molecule has 0 saturated carbocycles. The van der Waals surface area contributed by atoms with Crippen LogP contribution in [0.25, 0.3) is 0 Å². The summed E-state index contributed by atoms with van der Waals surface area (Å²) in [4.78, 5) is 23.1. The fourth-order valence-corrected chi connectivity index (χ4v) is 1.82. The number of carboxylic acids is 1. The molecule has 3 N–H and O–H groups in total. The van der Waals surface area contributed by atoms with E-state index in [9.17, 15) is 9.59 Å². The summed E-state index contributed by atoms with van der Waals surface area (Å²) in [6.07, 6.45) is 0.402. The lowest BCUT2D eigenvalue weighted by atomic mass is 9.99. The van der Waals surface area contributed by atoms with E-state index >= 15 is 0 Å². The number of rotatable bonds is 6. The first kappa shape index (κ1) is 16.2. The molecule has 0 aromatic heterocycles. The maximum Gasteiger partial charge on any atom is 0.323 e. The van der Waals surface area contributed by atoms with Crippen LogP contribution in [-0.2, 0) is 9.59 Å². The van der Waals surface area contributed by atoms with Crippen molar-refractivity contribution in [1.82, 2.24) is 5.32 Å². The van der Waals surface area contributed by atoms with E-state index in [1.54, 1.807) is 13.8 Å². The lowest BCUT2D eigenvalue weighted by molar-refractivity contribution is -0.144. The van der Waals surface area contributed by atoms with Crippen molar-refractivity contribution >= 4 is 17.6 Å². The summed E-state index contributed by atoms with van der Waals surface area (Å²) in [7, 11) is 0. The number of aryl methyl sites for hydroxylation is 2.